The quantitative estimate of drug-likeness (QED) is 0.401. The minimum atomic E-state index is -1.05. The van der Waals surface area contributed by atoms with E-state index in [-0.39, 0.29) is 35.6 Å². The summed E-state index contributed by atoms with van der Waals surface area (Å²) in [7, 11) is 1.49. The Labute approximate surface area is 256 Å². The van der Waals surface area contributed by atoms with Gasteiger partial charge in [0.15, 0.2) is 6.04 Å². The van der Waals surface area contributed by atoms with Gasteiger partial charge in [-0.05, 0) is 36.5 Å². The summed E-state index contributed by atoms with van der Waals surface area (Å²) in [6.45, 7) is 7.72. The molecule has 6 rings (SSSR count). The number of rotatable bonds is 8. The number of likely N-dealkylation sites (tertiary alicyclic amines) is 2. The summed E-state index contributed by atoms with van der Waals surface area (Å²) in [6.07, 6.45) is 4.12. The summed E-state index contributed by atoms with van der Waals surface area (Å²) in [4.78, 5) is 57.2. The number of carbonyl (C=O) groups is 4. The first-order chi connectivity index (χ1) is 21.0. The second-order valence-electron chi connectivity index (χ2n) is 13.1. The zero-order chi connectivity index (χ0) is 31.2. The number of benzene rings is 1. The fourth-order valence-corrected chi connectivity index (χ4v) is 6.52. The maximum absolute atomic E-state index is 14.0. The summed E-state index contributed by atoms with van der Waals surface area (Å²) < 4.78 is 1.72. The van der Waals surface area contributed by atoms with E-state index < -0.39 is 23.3 Å². The van der Waals surface area contributed by atoms with E-state index >= 15 is 0 Å². The molecule has 2 aromatic heterocycles. The van der Waals surface area contributed by atoms with E-state index in [0.29, 0.717) is 43.1 Å². The summed E-state index contributed by atoms with van der Waals surface area (Å²) in [6, 6.07) is 12.2. The van der Waals surface area contributed by atoms with Crippen LogP contribution in [0.1, 0.15) is 53.6 Å². The van der Waals surface area contributed by atoms with Crippen molar-refractivity contribution in [3.63, 3.8) is 0 Å². The zero-order valence-electron chi connectivity index (χ0n) is 25.5. The van der Waals surface area contributed by atoms with Crippen LogP contribution < -0.4 is 10.6 Å². The van der Waals surface area contributed by atoms with Gasteiger partial charge < -0.3 is 20.4 Å². The highest BCUT2D eigenvalue weighted by Crippen LogP contribution is 2.54. The lowest BCUT2D eigenvalue weighted by atomic mass is 9.70. The maximum atomic E-state index is 14.0. The van der Waals surface area contributed by atoms with Crippen LogP contribution in [-0.4, -0.2) is 86.6 Å². The zero-order valence-corrected chi connectivity index (χ0v) is 25.5. The molecule has 1 aliphatic carbocycles. The molecular weight excluding hydrogens is 560 g/mol. The number of carbonyl (C=O) groups excluding carboxylic acids is 4. The second kappa shape index (κ2) is 11.1. The van der Waals surface area contributed by atoms with Crippen LogP contribution in [0.4, 0.5) is 0 Å². The average Bonchev–Trinajstić information content (AvgIpc) is 3.31. The van der Waals surface area contributed by atoms with E-state index in [9.17, 15) is 19.2 Å². The van der Waals surface area contributed by atoms with Gasteiger partial charge in [0.1, 0.15) is 0 Å². The van der Waals surface area contributed by atoms with E-state index in [4.69, 9.17) is 0 Å². The van der Waals surface area contributed by atoms with Crippen LogP contribution in [0.3, 0.4) is 0 Å². The highest BCUT2D eigenvalue weighted by atomic mass is 16.2. The Kier molecular flexibility index (Phi) is 7.46. The molecule has 1 unspecified atom stereocenters. The minimum Gasteiger partial charge on any atom is -0.357 e. The third-order valence-corrected chi connectivity index (χ3v) is 9.36. The van der Waals surface area contributed by atoms with Crippen molar-refractivity contribution in [2.45, 2.75) is 39.8 Å². The Morgan fingerprint density at radius 2 is 1.68 bits per heavy atom. The van der Waals surface area contributed by atoms with Gasteiger partial charge in [0, 0.05) is 50.8 Å². The van der Waals surface area contributed by atoms with Gasteiger partial charge in [-0.1, -0.05) is 44.2 Å². The lowest BCUT2D eigenvalue weighted by molar-refractivity contribution is -0.151. The van der Waals surface area contributed by atoms with E-state index in [1.54, 1.807) is 41.0 Å². The molecule has 3 aliphatic rings. The molecule has 4 heterocycles. The molecule has 4 amide bonds. The minimum absolute atomic E-state index is 0.00991. The van der Waals surface area contributed by atoms with Crippen LogP contribution in [0.15, 0.2) is 54.9 Å². The molecule has 1 aromatic carbocycles. The highest BCUT2D eigenvalue weighted by molar-refractivity contribution is 5.95. The number of likely N-dealkylation sites (N-methyl/N-ethyl adjacent to an activating group) is 1. The Morgan fingerprint density at radius 3 is 2.32 bits per heavy atom. The first-order valence-electron chi connectivity index (χ1n) is 15.0. The first-order valence-corrected chi connectivity index (χ1v) is 15.0. The van der Waals surface area contributed by atoms with E-state index in [0.717, 1.165) is 12.0 Å². The number of nitrogens with zero attached hydrogens (tertiary/aromatic N) is 6. The van der Waals surface area contributed by atoms with Gasteiger partial charge in [-0.25, -0.2) is 0 Å². The fourth-order valence-electron chi connectivity index (χ4n) is 6.52. The summed E-state index contributed by atoms with van der Waals surface area (Å²) in [5.74, 6) is -1.56. The van der Waals surface area contributed by atoms with Gasteiger partial charge in [-0.3, -0.25) is 23.9 Å². The van der Waals surface area contributed by atoms with E-state index in [1.807, 2.05) is 35.2 Å². The lowest BCUT2D eigenvalue weighted by Crippen LogP contribution is -2.64. The first kappa shape index (κ1) is 29.5. The lowest BCUT2D eigenvalue weighted by Gasteiger charge is -2.50. The van der Waals surface area contributed by atoms with Gasteiger partial charge >= 0.3 is 0 Å². The normalized spacial score (nSPS) is 21.8. The van der Waals surface area contributed by atoms with Crippen molar-refractivity contribution in [2.75, 3.05) is 33.2 Å². The highest BCUT2D eigenvalue weighted by Gasteiger charge is 2.62. The maximum Gasteiger partial charge on any atom is 0.257 e. The summed E-state index contributed by atoms with van der Waals surface area (Å²) >= 11 is 0. The average molecular weight is 599 g/mol. The predicted molar refractivity (Wildman–Crippen MR) is 160 cm³/mol. The molecule has 12 nitrogen and oxygen atoms in total. The molecule has 3 atom stereocenters. The topological polar surface area (TPSA) is 142 Å². The van der Waals surface area contributed by atoms with E-state index in [2.05, 4.69) is 39.8 Å². The molecule has 44 heavy (non-hydrogen) atoms. The van der Waals surface area contributed by atoms with Gasteiger partial charge in [0.25, 0.3) is 5.91 Å². The number of aryl methyl sites for hydroxylation is 1. The molecule has 0 radical (unpaired) electrons. The van der Waals surface area contributed by atoms with Gasteiger partial charge in [-0.15, -0.1) is 0 Å². The Bertz CT molecular complexity index is 1580. The van der Waals surface area contributed by atoms with Gasteiger partial charge in [0.2, 0.25) is 17.7 Å². The van der Waals surface area contributed by atoms with Crippen molar-refractivity contribution in [3.05, 3.63) is 77.4 Å². The van der Waals surface area contributed by atoms with Crippen LogP contribution in [0.25, 0.3) is 0 Å². The number of aromatic nitrogens is 4. The van der Waals surface area contributed by atoms with Crippen LogP contribution in [0.2, 0.25) is 0 Å². The molecule has 1 spiro atoms. The van der Waals surface area contributed by atoms with Crippen molar-refractivity contribution < 1.29 is 19.2 Å². The SMILES string of the molecule is CNC(=O)C(NC(=O)[C@@H]1CN(C(=O)c2cnn(Cc3ccccc3)c2)CC12CN(C(=O)[C@H]1CC1(C)C)C2)c1ccc(C)nn1. The Balaban J connectivity index is 1.22. The van der Waals surface area contributed by atoms with Crippen molar-refractivity contribution in [1.29, 1.82) is 0 Å². The molecule has 12 heteroatoms. The number of nitrogens with one attached hydrogen (secondary N) is 2. The Hall–Kier alpha value is -4.61. The van der Waals surface area contributed by atoms with Crippen molar-refractivity contribution in [3.8, 4) is 0 Å². The van der Waals surface area contributed by atoms with Crippen LogP contribution in [0.5, 0.6) is 0 Å². The van der Waals surface area contributed by atoms with E-state index in [1.165, 1.54) is 7.05 Å². The molecule has 1 saturated carbocycles. The van der Waals surface area contributed by atoms with Crippen molar-refractivity contribution in [1.82, 2.24) is 40.4 Å². The van der Waals surface area contributed by atoms with Crippen molar-refractivity contribution in [2.24, 2.45) is 22.7 Å². The summed E-state index contributed by atoms with van der Waals surface area (Å²) in [5.41, 5.74) is 1.86. The monoisotopic (exact) mass is 598 g/mol. The molecule has 3 aromatic rings. The number of hydrogen-bond donors (Lipinski definition) is 2. The van der Waals surface area contributed by atoms with Crippen molar-refractivity contribution >= 4 is 23.6 Å². The largest absolute Gasteiger partial charge is 0.357 e. The number of hydrogen-bond acceptors (Lipinski definition) is 7. The third kappa shape index (κ3) is 5.56. The second-order valence-corrected chi connectivity index (χ2v) is 13.1. The van der Waals surface area contributed by atoms with Crippen LogP contribution in [0, 0.1) is 29.6 Å². The van der Waals surface area contributed by atoms with Crippen LogP contribution >= 0.6 is 0 Å². The molecule has 2 saturated heterocycles. The van der Waals surface area contributed by atoms with Gasteiger partial charge in [0.05, 0.1) is 35.6 Å². The molecule has 230 valence electrons. The molecule has 0 bridgehead atoms. The Morgan fingerprint density at radius 1 is 0.977 bits per heavy atom. The number of amides is 4. The smallest absolute Gasteiger partial charge is 0.257 e. The molecule has 2 N–H and O–H groups in total. The third-order valence-electron chi connectivity index (χ3n) is 9.36. The predicted octanol–water partition coefficient (Wildman–Crippen LogP) is 1.58. The molecule has 2 aliphatic heterocycles. The molecule has 3 fully saturated rings. The van der Waals surface area contributed by atoms with Crippen LogP contribution in [-0.2, 0) is 20.9 Å². The fraction of sp³-hybridized carbons (Fsp3) is 0.469. The standard InChI is InChI=1S/C32H38N8O4/c1-20-10-11-25(37-36-20)26(28(42)33-4)35-27(41)24-16-38(17-32(24)18-39(19-32)30(44)23-12-31(23,2)3)29(43)22-13-34-40(15-22)14-21-8-6-5-7-9-21/h5-11,13,15,23-24,26H,12,14,16-19H2,1-4H3,(H,33,42)(H,35,41)/t23-,24+,26?/m1/s1. The molecular formula is C32H38N8O4. The van der Waals surface area contributed by atoms with Gasteiger partial charge in [-0.2, -0.15) is 15.3 Å². The summed E-state index contributed by atoms with van der Waals surface area (Å²) in [5, 5.41) is 18.1.